The summed E-state index contributed by atoms with van der Waals surface area (Å²) in [6.45, 7) is 2.51. The average molecular weight is 475 g/mol. The van der Waals surface area contributed by atoms with E-state index < -0.39 is 12.1 Å². The van der Waals surface area contributed by atoms with E-state index in [1.54, 1.807) is 43.2 Å². The van der Waals surface area contributed by atoms with Crippen molar-refractivity contribution >= 4 is 18.0 Å². The fraction of sp³-hybridized carbons (Fsp3) is 0.222. The molecule has 4 rings (SSSR count). The van der Waals surface area contributed by atoms with Crippen molar-refractivity contribution in [3.63, 3.8) is 0 Å². The lowest BCUT2D eigenvalue weighted by Gasteiger charge is -2.15. The number of methoxy groups -OCH3 is 2. The highest BCUT2D eigenvalue weighted by Gasteiger charge is 2.47. The first kappa shape index (κ1) is 23.8. The Hall–Kier alpha value is -4.33. The van der Waals surface area contributed by atoms with Gasteiger partial charge in [0.05, 0.1) is 20.8 Å². The minimum absolute atomic E-state index is 0.310. The zero-order valence-corrected chi connectivity index (χ0v) is 19.9. The van der Waals surface area contributed by atoms with Crippen LogP contribution in [0.5, 0.6) is 17.2 Å². The molecular weight excluding hydrogens is 446 g/mol. The molecule has 8 nitrogen and oxygen atoms in total. The number of hydrazine groups is 1. The van der Waals surface area contributed by atoms with Crippen LogP contribution in [0.1, 0.15) is 34.5 Å². The summed E-state index contributed by atoms with van der Waals surface area (Å²) in [6.07, 6.45) is 1.84. The molecule has 3 aromatic rings. The number of amides is 2. The zero-order chi connectivity index (χ0) is 24.8. The molecule has 1 aliphatic rings. The van der Waals surface area contributed by atoms with Crippen LogP contribution in [0.2, 0.25) is 0 Å². The molecule has 0 radical (unpaired) electrons. The summed E-state index contributed by atoms with van der Waals surface area (Å²) in [7, 11) is 3.16. The lowest BCUT2D eigenvalue weighted by atomic mass is 9.99. The van der Waals surface area contributed by atoms with Crippen LogP contribution in [0.3, 0.4) is 0 Å². The Balaban J connectivity index is 1.65. The Bertz CT molecular complexity index is 1210. The molecule has 0 bridgehead atoms. The van der Waals surface area contributed by atoms with Crippen LogP contribution in [-0.2, 0) is 4.79 Å². The van der Waals surface area contributed by atoms with Crippen molar-refractivity contribution in [3.05, 3.63) is 89.5 Å². The molecule has 1 saturated heterocycles. The van der Waals surface area contributed by atoms with E-state index in [2.05, 4.69) is 10.7 Å². The van der Waals surface area contributed by atoms with Gasteiger partial charge < -0.3 is 19.5 Å². The number of rotatable bonds is 8. The van der Waals surface area contributed by atoms with Crippen LogP contribution in [0.4, 0.5) is 0 Å². The maximum atomic E-state index is 13.0. The van der Waals surface area contributed by atoms with Crippen LogP contribution in [0.25, 0.3) is 0 Å². The normalized spacial score (nSPS) is 18.1. The van der Waals surface area contributed by atoms with E-state index in [4.69, 9.17) is 14.2 Å². The summed E-state index contributed by atoms with van der Waals surface area (Å²) in [6, 6.07) is 20.4. The summed E-state index contributed by atoms with van der Waals surface area (Å²) in [5, 5.41) is 2.90. The number of nitrogens with one attached hydrogen (secondary N) is 2. The zero-order valence-electron chi connectivity index (χ0n) is 19.9. The van der Waals surface area contributed by atoms with Gasteiger partial charge in [0.25, 0.3) is 5.91 Å². The minimum Gasteiger partial charge on any atom is -0.497 e. The second-order valence-corrected chi connectivity index (χ2v) is 7.91. The van der Waals surface area contributed by atoms with Crippen molar-refractivity contribution in [2.45, 2.75) is 19.0 Å². The van der Waals surface area contributed by atoms with Gasteiger partial charge in [-0.25, -0.2) is 0 Å². The third kappa shape index (κ3) is 5.43. The molecule has 0 aromatic heterocycles. The van der Waals surface area contributed by atoms with Gasteiger partial charge >= 0.3 is 5.91 Å². The number of ether oxygens (including phenoxy) is 3. The first-order valence-electron chi connectivity index (χ1n) is 11.3. The molecular formula is C27H28N3O5+. The van der Waals surface area contributed by atoms with Crippen LogP contribution in [0, 0.1) is 0 Å². The summed E-state index contributed by atoms with van der Waals surface area (Å²) < 4.78 is 17.7. The highest BCUT2D eigenvalue weighted by Crippen LogP contribution is 2.27. The Morgan fingerprint density at radius 2 is 1.49 bits per heavy atom. The number of hydrazone groups is 1. The van der Waals surface area contributed by atoms with E-state index in [-0.39, 0.29) is 11.8 Å². The van der Waals surface area contributed by atoms with E-state index in [0.717, 1.165) is 16.9 Å². The molecule has 2 amide bonds. The Kier molecular flexibility index (Phi) is 7.30. The van der Waals surface area contributed by atoms with Gasteiger partial charge in [0.2, 0.25) is 12.3 Å². The average Bonchev–Trinajstić information content (AvgIpc) is 3.19. The first-order chi connectivity index (χ1) is 17.0. The number of carbonyl (C=O) groups is 2. The van der Waals surface area contributed by atoms with Gasteiger partial charge in [0.1, 0.15) is 17.2 Å². The van der Waals surface area contributed by atoms with E-state index in [0.29, 0.717) is 23.7 Å². The third-order valence-corrected chi connectivity index (χ3v) is 5.71. The fourth-order valence-corrected chi connectivity index (χ4v) is 3.93. The lowest BCUT2D eigenvalue weighted by Crippen LogP contribution is -2.42. The molecule has 0 spiro atoms. The van der Waals surface area contributed by atoms with Crippen molar-refractivity contribution in [3.8, 4) is 17.2 Å². The fourth-order valence-electron chi connectivity index (χ4n) is 3.93. The number of carbonyl (C=O) groups excluding carboxylic acids is 2. The van der Waals surface area contributed by atoms with Gasteiger partial charge in [-0.15, -0.1) is 10.1 Å². The number of hydrogen-bond donors (Lipinski definition) is 2. The van der Waals surface area contributed by atoms with E-state index in [1.165, 1.54) is 0 Å². The van der Waals surface area contributed by atoms with Crippen molar-refractivity contribution in [1.29, 1.82) is 0 Å². The highest BCUT2D eigenvalue weighted by molar-refractivity contribution is 5.98. The largest absolute Gasteiger partial charge is 0.497 e. The molecule has 2 N–H and O–H groups in total. The molecule has 1 fully saturated rings. The Labute approximate surface area is 204 Å². The monoisotopic (exact) mass is 474 g/mol. The van der Waals surface area contributed by atoms with Gasteiger partial charge in [-0.3, -0.25) is 9.59 Å². The molecule has 35 heavy (non-hydrogen) atoms. The van der Waals surface area contributed by atoms with Crippen molar-refractivity contribution in [2.75, 3.05) is 20.8 Å². The SMILES string of the molecule is CCOc1ccc(/C=[N+]2\NC(=O)[C@H](NC(=O)c3ccc(OC)cc3)[C@@H]2c2ccc(OC)cc2)cc1. The van der Waals surface area contributed by atoms with Gasteiger partial charge in [-0.1, -0.05) is 0 Å². The second kappa shape index (κ2) is 10.7. The highest BCUT2D eigenvalue weighted by atomic mass is 16.5. The summed E-state index contributed by atoms with van der Waals surface area (Å²) in [4.78, 5) is 26.0. The number of benzene rings is 3. The lowest BCUT2D eigenvalue weighted by molar-refractivity contribution is -0.596. The van der Waals surface area contributed by atoms with Gasteiger partial charge in [-0.05, 0) is 79.7 Å². The van der Waals surface area contributed by atoms with Gasteiger partial charge in [0.15, 0.2) is 6.04 Å². The molecule has 2 atom stereocenters. The standard InChI is InChI=1S/C27H27N3O5/c1-4-35-23-11-5-18(6-12-23)17-30-25(19-7-13-21(33-2)14-8-19)24(27(32)29-30)28-26(31)20-9-15-22(34-3)16-10-20/h5-17,24-25H,4H2,1-3H3,(H-,28,29,31,32)/p+1/b30-17-/t24-,25+/m1/s1. The Morgan fingerprint density at radius 3 is 2.06 bits per heavy atom. The molecule has 180 valence electrons. The maximum absolute atomic E-state index is 13.0. The molecule has 3 aromatic carbocycles. The van der Waals surface area contributed by atoms with Crippen molar-refractivity contribution in [2.24, 2.45) is 0 Å². The Morgan fingerprint density at radius 1 is 0.914 bits per heavy atom. The van der Waals surface area contributed by atoms with Crippen LogP contribution in [0.15, 0.2) is 72.8 Å². The molecule has 0 aliphatic carbocycles. The molecule has 0 unspecified atom stereocenters. The predicted octanol–water partition coefficient (Wildman–Crippen LogP) is 3.12. The topological polar surface area (TPSA) is 88.9 Å². The number of nitrogens with zero attached hydrogens (tertiary/aromatic N) is 1. The number of hydrogen-bond acceptors (Lipinski definition) is 5. The summed E-state index contributed by atoms with van der Waals surface area (Å²) in [5.74, 6) is 1.45. The van der Waals surface area contributed by atoms with E-state index in [1.807, 2.05) is 61.7 Å². The third-order valence-electron chi connectivity index (χ3n) is 5.71. The first-order valence-corrected chi connectivity index (χ1v) is 11.3. The van der Waals surface area contributed by atoms with E-state index >= 15 is 0 Å². The molecule has 1 heterocycles. The summed E-state index contributed by atoms with van der Waals surface area (Å²) in [5.41, 5.74) is 5.03. The minimum atomic E-state index is -0.822. The van der Waals surface area contributed by atoms with Crippen molar-refractivity contribution < 1.29 is 28.5 Å². The van der Waals surface area contributed by atoms with E-state index in [9.17, 15) is 9.59 Å². The van der Waals surface area contributed by atoms with Gasteiger partial charge in [-0.2, -0.15) is 0 Å². The molecule has 1 aliphatic heterocycles. The quantitative estimate of drug-likeness (QED) is 0.490. The van der Waals surface area contributed by atoms with Crippen LogP contribution in [-0.4, -0.2) is 49.6 Å². The molecule has 8 heteroatoms. The maximum Gasteiger partial charge on any atom is 0.304 e. The van der Waals surface area contributed by atoms with Crippen LogP contribution < -0.4 is 25.0 Å². The predicted molar refractivity (Wildman–Crippen MR) is 131 cm³/mol. The second-order valence-electron chi connectivity index (χ2n) is 7.91. The van der Waals surface area contributed by atoms with Gasteiger partial charge in [0, 0.05) is 16.7 Å². The van der Waals surface area contributed by atoms with Crippen LogP contribution >= 0.6 is 0 Å². The smallest absolute Gasteiger partial charge is 0.304 e. The summed E-state index contributed by atoms with van der Waals surface area (Å²) >= 11 is 0. The molecule has 0 saturated carbocycles. The van der Waals surface area contributed by atoms with Crippen molar-refractivity contribution in [1.82, 2.24) is 10.7 Å².